The van der Waals surface area contributed by atoms with Crippen LogP contribution in [0.25, 0.3) is 0 Å². The molecule has 19 heavy (non-hydrogen) atoms. The van der Waals surface area contributed by atoms with Crippen LogP contribution in [0.5, 0.6) is 5.75 Å². The van der Waals surface area contributed by atoms with Gasteiger partial charge in [-0.2, -0.15) is 0 Å². The average molecular weight is 262 g/mol. The van der Waals surface area contributed by atoms with Crippen LogP contribution >= 0.6 is 0 Å². The quantitative estimate of drug-likeness (QED) is 0.886. The smallest absolute Gasteiger partial charge is 0.337 e. The second kappa shape index (κ2) is 5.34. The van der Waals surface area contributed by atoms with Gasteiger partial charge in [0.05, 0.1) is 12.7 Å². The van der Waals surface area contributed by atoms with Gasteiger partial charge >= 0.3 is 5.97 Å². The first-order valence-corrected chi connectivity index (χ1v) is 5.40. The van der Waals surface area contributed by atoms with E-state index in [0.29, 0.717) is 11.5 Å². The number of aromatic nitrogens is 1. The van der Waals surface area contributed by atoms with Gasteiger partial charge in [-0.25, -0.2) is 14.2 Å². The number of carbonyl (C=O) groups is 1. The summed E-state index contributed by atoms with van der Waals surface area (Å²) in [7, 11) is 1.39. The molecule has 0 aliphatic carbocycles. The van der Waals surface area contributed by atoms with Gasteiger partial charge in [0.1, 0.15) is 5.82 Å². The predicted octanol–water partition coefficient (Wildman–Crippen LogP) is 2.67. The Balaban J connectivity index is 2.16. The van der Waals surface area contributed by atoms with Crippen LogP contribution in [0.3, 0.4) is 0 Å². The van der Waals surface area contributed by atoms with Gasteiger partial charge in [0.25, 0.3) is 0 Å². The molecule has 1 aromatic carbocycles. The number of rotatable bonds is 4. The van der Waals surface area contributed by atoms with E-state index in [1.165, 1.54) is 37.6 Å². The van der Waals surface area contributed by atoms with E-state index in [1.807, 2.05) is 0 Å². The highest BCUT2D eigenvalue weighted by molar-refractivity contribution is 5.87. The summed E-state index contributed by atoms with van der Waals surface area (Å²) in [5.74, 6) is -0.960. The van der Waals surface area contributed by atoms with Crippen LogP contribution in [-0.4, -0.2) is 23.2 Å². The van der Waals surface area contributed by atoms with E-state index >= 15 is 0 Å². The molecule has 0 unspecified atom stereocenters. The fourth-order valence-electron chi connectivity index (χ4n) is 1.49. The van der Waals surface area contributed by atoms with Crippen LogP contribution in [0.1, 0.15) is 10.4 Å². The third-order valence-corrected chi connectivity index (χ3v) is 2.43. The van der Waals surface area contributed by atoms with Gasteiger partial charge in [-0.3, -0.25) is 0 Å². The van der Waals surface area contributed by atoms with Crippen molar-refractivity contribution in [2.45, 2.75) is 0 Å². The number of methoxy groups -OCH3 is 1. The number of hydrogen-bond donors (Lipinski definition) is 2. The van der Waals surface area contributed by atoms with Gasteiger partial charge in [0, 0.05) is 18.0 Å². The number of carboxylic acid groups (broad SMARTS) is 1. The molecule has 98 valence electrons. The highest BCUT2D eigenvalue weighted by Gasteiger charge is 2.05. The van der Waals surface area contributed by atoms with E-state index in [9.17, 15) is 9.18 Å². The Morgan fingerprint density at radius 1 is 1.37 bits per heavy atom. The maximum Gasteiger partial charge on any atom is 0.337 e. The standard InChI is InChI=1S/C13H11FN2O3/c1-19-11-4-3-9(6-10(11)14)16-12-5-2-8(7-15-12)13(17)18/h2-7H,1H3,(H,15,16)(H,17,18). The number of anilines is 2. The number of nitrogens with zero attached hydrogens (tertiary/aromatic N) is 1. The van der Waals surface area contributed by atoms with Crippen LogP contribution < -0.4 is 10.1 Å². The second-order valence-electron chi connectivity index (χ2n) is 3.71. The van der Waals surface area contributed by atoms with Crippen molar-refractivity contribution in [1.29, 1.82) is 0 Å². The molecule has 1 heterocycles. The molecule has 0 saturated heterocycles. The molecule has 2 rings (SSSR count). The van der Waals surface area contributed by atoms with Crippen molar-refractivity contribution in [2.75, 3.05) is 12.4 Å². The van der Waals surface area contributed by atoms with Gasteiger partial charge in [-0.15, -0.1) is 0 Å². The summed E-state index contributed by atoms with van der Waals surface area (Å²) < 4.78 is 18.3. The summed E-state index contributed by atoms with van der Waals surface area (Å²) in [5.41, 5.74) is 0.584. The zero-order chi connectivity index (χ0) is 13.8. The van der Waals surface area contributed by atoms with Crippen molar-refractivity contribution in [1.82, 2.24) is 4.98 Å². The first-order valence-electron chi connectivity index (χ1n) is 5.40. The molecule has 0 saturated carbocycles. The zero-order valence-corrected chi connectivity index (χ0v) is 10.1. The van der Waals surface area contributed by atoms with E-state index < -0.39 is 11.8 Å². The number of benzene rings is 1. The molecule has 0 aliphatic rings. The largest absolute Gasteiger partial charge is 0.494 e. The van der Waals surface area contributed by atoms with Crippen molar-refractivity contribution >= 4 is 17.5 Å². The molecular weight excluding hydrogens is 251 g/mol. The topological polar surface area (TPSA) is 71.5 Å². The predicted molar refractivity (Wildman–Crippen MR) is 67.4 cm³/mol. The minimum atomic E-state index is -1.05. The molecular formula is C13H11FN2O3. The van der Waals surface area contributed by atoms with E-state index in [1.54, 1.807) is 6.07 Å². The van der Waals surface area contributed by atoms with Crippen LogP contribution in [0.15, 0.2) is 36.5 Å². The minimum Gasteiger partial charge on any atom is -0.494 e. The zero-order valence-electron chi connectivity index (χ0n) is 10.1. The second-order valence-corrected chi connectivity index (χ2v) is 3.71. The number of carboxylic acids is 1. The molecule has 6 heteroatoms. The van der Waals surface area contributed by atoms with Crippen molar-refractivity contribution in [3.8, 4) is 5.75 Å². The Kier molecular flexibility index (Phi) is 3.61. The third-order valence-electron chi connectivity index (χ3n) is 2.43. The Bertz CT molecular complexity index is 599. The lowest BCUT2D eigenvalue weighted by atomic mass is 10.2. The lowest BCUT2D eigenvalue weighted by molar-refractivity contribution is 0.0696. The van der Waals surface area contributed by atoms with Crippen LogP contribution in [0.2, 0.25) is 0 Å². The normalized spacial score (nSPS) is 10.0. The molecule has 1 aromatic heterocycles. The average Bonchev–Trinajstić information content (AvgIpc) is 2.39. The molecule has 0 spiro atoms. The lowest BCUT2D eigenvalue weighted by Crippen LogP contribution is -1.99. The summed E-state index contributed by atoms with van der Waals surface area (Å²) in [4.78, 5) is 14.6. The molecule has 2 N–H and O–H groups in total. The molecule has 0 radical (unpaired) electrons. The third kappa shape index (κ3) is 2.98. The number of aromatic carboxylic acids is 1. The fourth-order valence-corrected chi connectivity index (χ4v) is 1.49. The van der Waals surface area contributed by atoms with Crippen molar-refractivity contribution in [3.05, 3.63) is 47.9 Å². The van der Waals surface area contributed by atoms with E-state index in [2.05, 4.69) is 10.3 Å². The maximum absolute atomic E-state index is 13.5. The molecule has 0 fully saturated rings. The molecule has 0 amide bonds. The van der Waals surface area contributed by atoms with Crippen LogP contribution in [0, 0.1) is 5.82 Å². The first kappa shape index (κ1) is 12.8. The Labute approximate surface area is 108 Å². The lowest BCUT2D eigenvalue weighted by Gasteiger charge is -2.07. The van der Waals surface area contributed by atoms with E-state index in [-0.39, 0.29) is 11.3 Å². The van der Waals surface area contributed by atoms with E-state index in [0.717, 1.165) is 0 Å². The Hall–Kier alpha value is -2.63. The highest BCUT2D eigenvalue weighted by Crippen LogP contribution is 2.22. The number of nitrogens with one attached hydrogen (secondary N) is 1. The maximum atomic E-state index is 13.5. The highest BCUT2D eigenvalue weighted by atomic mass is 19.1. The van der Waals surface area contributed by atoms with Gasteiger partial charge in [-0.05, 0) is 24.3 Å². The van der Waals surface area contributed by atoms with Gasteiger partial charge in [0.2, 0.25) is 0 Å². The number of ether oxygens (including phenoxy) is 1. The molecule has 5 nitrogen and oxygen atoms in total. The Morgan fingerprint density at radius 2 is 2.16 bits per heavy atom. The summed E-state index contributed by atoms with van der Waals surface area (Å²) in [5, 5.41) is 11.6. The fraction of sp³-hybridized carbons (Fsp3) is 0.0769. The monoisotopic (exact) mass is 262 g/mol. The van der Waals surface area contributed by atoms with Gasteiger partial charge in [0.15, 0.2) is 11.6 Å². The SMILES string of the molecule is COc1ccc(Nc2ccc(C(=O)O)cn2)cc1F. The van der Waals surface area contributed by atoms with Crippen LogP contribution in [0.4, 0.5) is 15.9 Å². The Morgan fingerprint density at radius 3 is 2.68 bits per heavy atom. The molecule has 2 aromatic rings. The number of pyridine rings is 1. The first-order chi connectivity index (χ1) is 9.10. The summed E-state index contributed by atoms with van der Waals surface area (Å²) >= 11 is 0. The minimum absolute atomic E-state index is 0.0893. The summed E-state index contributed by atoms with van der Waals surface area (Å²) in [6.45, 7) is 0. The molecule has 0 aliphatic heterocycles. The van der Waals surface area contributed by atoms with Crippen molar-refractivity contribution in [2.24, 2.45) is 0 Å². The molecule has 0 atom stereocenters. The van der Waals surface area contributed by atoms with Crippen molar-refractivity contribution in [3.63, 3.8) is 0 Å². The summed E-state index contributed by atoms with van der Waals surface area (Å²) in [6, 6.07) is 7.31. The van der Waals surface area contributed by atoms with E-state index in [4.69, 9.17) is 9.84 Å². The van der Waals surface area contributed by atoms with Gasteiger partial charge < -0.3 is 15.2 Å². The van der Waals surface area contributed by atoms with Gasteiger partial charge in [-0.1, -0.05) is 0 Å². The number of halogens is 1. The number of hydrogen-bond acceptors (Lipinski definition) is 4. The summed E-state index contributed by atoms with van der Waals surface area (Å²) in [6.07, 6.45) is 1.23. The van der Waals surface area contributed by atoms with Crippen molar-refractivity contribution < 1.29 is 19.0 Å². The van der Waals surface area contributed by atoms with Crippen LogP contribution in [-0.2, 0) is 0 Å². The molecule has 0 bridgehead atoms.